The molecule has 6 heteroatoms. The molecule has 0 aromatic heterocycles. The summed E-state index contributed by atoms with van der Waals surface area (Å²) in [7, 11) is -3.66. The van der Waals surface area contributed by atoms with E-state index in [2.05, 4.69) is 0 Å². The van der Waals surface area contributed by atoms with Crippen LogP contribution in [0.1, 0.15) is 20.8 Å². The van der Waals surface area contributed by atoms with Crippen molar-refractivity contribution >= 4 is 13.1 Å². The molecule has 88 valence electrons. The Morgan fingerprint density at radius 1 is 1.13 bits per heavy atom. The van der Waals surface area contributed by atoms with Gasteiger partial charge in [-0.05, 0) is 20.8 Å². The number of carbonyl (C=O) groups excluding carboxylic acids is 1. The summed E-state index contributed by atoms with van der Waals surface area (Å²) >= 11 is 0. The van der Waals surface area contributed by atoms with Crippen LogP contribution < -0.4 is 0 Å². The van der Waals surface area contributed by atoms with Crippen LogP contribution in [0, 0.1) is 0 Å². The molecular weight excluding hydrogens is 219 g/mol. The first-order valence-electron chi connectivity index (χ1n) is 4.82. The Kier molecular flexibility index (Phi) is 7.30. The van der Waals surface area contributed by atoms with Crippen molar-refractivity contribution in [2.24, 2.45) is 0 Å². The lowest BCUT2D eigenvalue weighted by Crippen LogP contribution is -2.04. The fourth-order valence-corrected chi connectivity index (χ4v) is 2.05. The second kappa shape index (κ2) is 7.63. The molecule has 0 aromatic carbocycles. The standard InChI is InChI=1S/C9H17O5P/c1-4-12-8-7-9(10)15(11,13-5-2)14-6-3/h7-8H,4-6H2,1-3H3/b8-7+. The van der Waals surface area contributed by atoms with Gasteiger partial charge in [-0.3, -0.25) is 9.36 Å². The maximum Gasteiger partial charge on any atom is 0.401 e. The summed E-state index contributed by atoms with van der Waals surface area (Å²) in [4.78, 5) is 11.4. The Morgan fingerprint density at radius 3 is 2.07 bits per heavy atom. The zero-order valence-electron chi connectivity index (χ0n) is 9.26. The van der Waals surface area contributed by atoms with Gasteiger partial charge in [0.25, 0.3) is 5.52 Å². The Labute approximate surface area is 89.9 Å². The lowest BCUT2D eigenvalue weighted by Gasteiger charge is -2.13. The first-order valence-corrected chi connectivity index (χ1v) is 6.36. The predicted octanol–water partition coefficient (Wildman–Crippen LogP) is 2.33. The molecule has 15 heavy (non-hydrogen) atoms. The summed E-state index contributed by atoms with van der Waals surface area (Å²) in [6, 6.07) is 0. The third-order valence-corrected chi connectivity index (χ3v) is 3.23. The molecule has 0 aromatic rings. The topological polar surface area (TPSA) is 61.8 Å². The lowest BCUT2D eigenvalue weighted by molar-refractivity contribution is -0.110. The van der Waals surface area contributed by atoms with Crippen LogP contribution in [0.2, 0.25) is 0 Å². The molecule has 0 atom stereocenters. The highest BCUT2D eigenvalue weighted by molar-refractivity contribution is 7.72. The van der Waals surface area contributed by atoms with E-state index in [1.807, 2.05) is 0 Å². The van der Waals surface area contributed by atoms with Crippen molar-refractivity contribution in [3.8, 4) is 0 Å². The molecule has 0 rings (SSSR count). The zero-order chi connectivity index (χ0) is 11.7. The van der Waals surface area contributed by atoms with E-state index in [-0.39, 0.29) is 13.2 Å². The highest BCUT2D eigenvalue weighted by Crippen LogP contribution is 2.49. The third kappa shape index (κ3) is 5.11. The maximum absolute atomic E-state index is 11.8. The molecule has 0 amide bonds. The molecule has 5 nitrogen and oxygen atoms in total. The van der Waals surface area contributed by atoms with E-state index in [0.29, 0.717) is 6.61 Å². The molecule has 0 N–H and O–H groups in total. The molecule has 0 bridgehead atoms. The summed E-state index contributed by atoms with van der Waals surface area (Å²) in [5.41, 5.74) is -0.695. The third-order valence-electron chi connectivity index (χ3n) is 1.34. The molecule has 0 radical (unpaired) electrons. The van der Waals surface area contributed by atoms with Crippen LogP contribution in [0.15, 0.2) is 12.3 Å². The average Bonchev–Trinajstić information content (AvgIpc) is 2.18. The predicted molar refractivity (Wildman–Crippen MR) is 56.6 cm³/mol. The summed E-state index contributed by atoms with van der Waals surface area (Å²) in [6.07, 6.45) is 2.25. The first-order chi connectivity index (χ1) is 7.10. The first kappa shape index (κ1) is 14.4. The molecule has 0 spiro atoms. The van der Waals surface area contributed by atoms with Crippen molar-refractivity contribution in [1.82, 2.24) is 0 Å². The Balaban J connectivity index is 4.48. The van der Waals surface area contributed by atoms with E-state index in [1.54, 1.807) is 20.8 Å². The van der Waals surface area contributed by atoms with E-state index in [1.165, 1.54) is 6.26 Å². The van der Waals surface area contributed by atoms with Crippen molar-refractivity contribution in [1.29, 1.82) is 0 Å². The number of allylic oxidation sites excluding steroid dienone is 1. The molecule has 0 aliphatic carbocycles. The van der Waals surface area contributed by atoms with Crippen LogP contribution in [0.3, 0.4) is 0 Å². The van der Waals surface area contributed by atoms with Crippen molar-refractivity contribution in [3.05, 3.63) is 12.3 Å². The van der Waals surface area contributed by atoms with E-state index in [0.717, 1.165) is 6.08 Å². The van der Waals surface area contributed by atoms with Crippen LogP contribution in [-0.4, -0.2) is 25.3 Å². The van der Waals surface area contributed by atoms with Gasteiger partial charge in [0.05, 0.1) is 26.1 Å². The number of hydrogen-bond donors (Lipinski definition) is 0. The lowest BCUT2D eigenvalue weighted by atomic mass is 10.7. The van der Waals surface area contributed by atoms with Crippen molar-refractivity contribution in [3.63, 3.8) is 0 Å². The summed E-state index contributed by atoms with van der Waals surface area (Å²) in [6.45, 7) is 5.82. The van der Waals surface area contributed by atoms with Gasteiger partial charge >= 0.3 is 7.60 Å². The molecule has 0 fully saturated rings. The fraction of sp³-hybridized carbons (Fsp3) is 0.667. The van der Waals surface area contributed by atoms with Crippen LogP contribution in [-0.2, 0) is 23.1 Å². The normalized spacial score (nSPS) is 11.9. The average molecular weight is 236 g/mol. The number of carbonyl (C=O) groups is 1. The summed E-state index contributed by atoms with van der Waals surface area (Å²) in [5, 5.41) is 0. The number of rotatable bonds is 8. The van der Waals surface area contributed by atoms with Gasteiger partial charge in [-0.1, -0.05) is 0 Å². The van der Waals surface area contributed by atoms with Gasteiger partial charge in [-0.2, -0.15) is 0 Å². The van der Waals surface area contributed by atoms with Gasteiger partial charge in [0.2, 0.25) is 0 Å². The van der Waals surface area contributed by atoms with E-state index in [9.17, 15) is 9.36 Å². The molecule has 0 aliphatic rings. The summed E-state index contributed by atoms with van der Waals surface area (Å²) < 4.78 is 26.3. The van der Waals surface area contributed by atoms with E-state index < -0.39 is 13.1 Å². The van der Waals surface area contributed by atoms with Crippen LogP contribution in [0.5, 0.6) is 0 Å². The van der Waals surface area contributed by atoms with E-state index in [4.69, 9.17) is 13.8 Å². The highest BCUT2D eigenvalue weighted by Gasteiger charge is 2.31. The van der Waals surface area contributed by atoms with Crippen LogP contribution in [0.4, 0.5) is 0 Å². The van der Waals surface area contributed by atoms with Gasteiger partial charge in [0, 0.05) is 6.08 Å². The van der Waals surface area contributed by atoms with E-state index >= 15 is 0 Å². The second-order valence-electron chi connectivity index (χ2n) is 2.43. The summed E-state index contributed by atoms with van der Waals surface area (Å²) in [5.74, 6) is 0. The number of hydrogen-bond acceptors (Lipinski definition) is 5. The Morgan fingerprint density at radius 2 is 1.67 bits per heavy atom. The van der Waals surface area contributed by atoms with Gasteiger partial charge in [-0.25, -0.2) is 0 Å². The Bertz CT molecular complexity index is 251. The highest BCUT2D eigenvalue weighted by atomic mass is 31.2. The molecule has 0 saturated carbocycles. The SMILES string of the molecule is CCO/C=C/C(=O)P(=O)(OCC)OCC. The second-order valence-corrected chi connectivity index (χ2v) is 4.38. The smallest absolute Gasteiger partial charge is 0.401 e. The van der Waals surface area contributed by atoms with Crippen LogP contribution >= 0.6 is 7.60 Å². The minimum atomic E-state index is -3.66. The maximum atomic E-state index is 11.8. The monoisotopic (exact) mass is 236 g/mol. The molecular formula is C9H17O5P. The van der Waals surface area contributed by atoms with Crippen molar-refractivity contribution in [2.45, 2.75) is 20.8 Å². The quantitative estimate of drug-likeness (QED) is 0.367. The van der Waals surface area contributed by atoms with Gasteiger partial charge in [0.15, 0.2) is 0 Å². The molecule has 0 heterocycles. The fourth-order valence-electron chi connectivity index (χ4n) is 0.798. The minimum absolute atomic E-state index is 0.158. The molecule has 0 saturated heterocycles. The minimum Gasteiger partial charge on any atom is -0.501 e. The molecule has 0 unspecified atom stereocenters. The number of ether oxygens (including phenoxy) is 1. The van der Waals surface area contributed by atoms with Crippen molar-refractivity contribution in [2.75, 3.05) is 19.8 Å². The Hall–Kier alpha value is -0.640. The van der Waals surface area contributed by atoms with Crippen LogP contribution in [0.25, 0.3) is 0 Å². The molecule has 0 aliphatic heterocycles. The zero-order valence-corrected chi connectivity index (χ0v) is 10.2. The van der Waals surface area contributed by atoms with Gasteiger partial charge < -0.3 is 13.8 Å². The van der Waals surface area contributed by atoms with Gasteiger partial charge in [-0.15, -0.1) is 0 Å². The van der Waals surface area contributed by atoms with Gasteiger partial charge in [0.1, 0.15) is 0 Å². The van der Waals surface area contributed by atoms with Crippen molar-refractivity contribution < 1.29 is 23.1 Å². The largest absolute Gasteiger partial charge is 0.501 e.